The van der Waals surface area contributed by atoms with Crippen molar-refractivity contribution in [3.05, 3.63) is 36.4 Å². The van der Waals surface area contributed by atoms with E-state index < -0.39 is 0 Å². The van der Waals surface area contributed by atoms with E-state index in [4.69, 9.17) is 23.7 Å². The third-order valence-electron chi connectivity index (χ3n) is 5.24. The van der Waals surface area contributed by atoms with E-state index in [0.717, 1.165) is 12.4 Å². The summed E-state index contributed by atoms with van der Waals surface area (Å²) in [5.41, 5.74) is 0. The number of hydrogen-bond acceptors (Lipinski definition) is 5. The minimum absolute atomic E-state index is 0.383. The van der Waals surface area contributed by atoms with E-state index in [-0.39, 0.29) is 0 Å². The highest BCUT2D eigenvalue weighted by atomic mass is 32.2. The van der Waals surface area contributed by atoms with E-state index in [2.05, 4.69) is 36.4 Å². The Morgan fingerprint density at radius 1 is 0.645 bits per heavy atom. The highest BCUT2D eigenvalue weighted by Gasteiger charge is 2.27. The highest BCUT2D eigenvalue weighted by Crippen LogP contribution is 2.34. The van der Waals surface area contributed by atoms with Crippen LogP contribution in [0.4, 0.5) is 0 Å². The van der Waals surface area contributed by atoms with Gasteiger partial charge >= 0.3 is 0 Å². The maximum Gasteiger partial charge on any atom is 0.162 e. The SMILES string of the molecule is CCOCCOCCOCCOCCOc1ccc([S+]2CCCCC2)c2ccccc12. The molecule has 1 aliphatic rings. The number of fused-ring (bicyclic) bond motifs is 1. The molecule has 1 aliphatic heterocycles. The Morgan fingerprint density at radius 3 is 1.87 bits per heavy atom. The van der Waals surface area contributed by atoms with Gasteiger partial charge in [0.05, 0.1) is 46.2 Å². The Labute approximate surface area is 189 Å². The molecule has 0 aromatic heterocycles. The fraction of sp³-hybridized carbons (Fsp3) is 0.600. The molecule has 172 valence electrons. The van der Waals surface area contributed by atoms with E-state index in [1.54, 1.807) is 0 Å². The molecule has 1 fully saturated rings. The van der Waals surface area contributed by atoms with Crippen molar-refractivity contribution in [3.8, 4) is 5.75 Å². The van der Waals surface area contributed by atoms with E-state index in [0.29, 0.717) is 63.8 Å². The Balaban J connectivity index is 1.33. The molecule has 31 heavy (non-hydrogen) atoms. The predicted molar refractivity (Wildman–Crippen MR) is 128 cm³/mol. The van der Waals surface area contributed by atoms with Crippen LogP contribution >= 0.6 is 0 Å². The third kappa shape index (κ3) is 8.28. The van der Waals surface area contributed by atoms with Crippen LogP contribution in [0.15, 0.2) is 41.3 Å². The second-order valence-electron chi connectivity index (χ2n) is 7.45. The molecule has 0 spiro atoms. The van der Waals surface area contributed by atoms with Crippen molar-refractivity contribution in [2.45, 2.75) is 31.1 Å². The summed E-state index contributed by atoms with van der Waals surface area (Å²) in [5.74, 6) is 3.61. The molecule has 0 N–H and O–H groups in total. The summed E-state index contributed by atoms with van der Waals surface area (Å²) < 4.78 is 27.8. The lowest BCUT2D eigenvalue weighted by molar-refractivity contribution is -0.00337. The van der Waals surface area contributed by atoms with Gasteiger partial charge < -0.3 is 23.7 Å². The van der Waals surface area contributed by atoms with E-state index >= 15 is 0 Å². The first-order chi connectivity index (χ1) is 15.4. The fourth-order valence-electron chi connectivity index (χ4n) is 3.69. The van der Waals surface area contributed by atoms with Crippen LogP contribution < -0.4 is 4.74 Å². The van der Waals surface area contributed by atoms with Gasteiger partial charge in [0.25, 0.3) is 0 Å². The number of rotatable bonds is 15. The maximum absolute atomic E-state index is 6.06. The molecule has 0 aliphatic carbocycles. The first-order valence-corrected chi connectivity index (χ1v) is 13.1. The Hall–Kier alpha value is -1.31. The molecule has 2 aromatic rings. The molecular formula is C25H37O5S+. The first kappa shape index (κ1) is 24.3. The van der Waals surface area contributed by atoms with Crippen molar-refractivity contribution in [2.24, 2.45) is 0 Å². The molecular weight excluding hydrogens is 412 g/mol. The van der Waals surface area contributed by atoms with Gasteiger partial charge in [0.2, 0.25) is 0 Å². The Bertz CT molecular complexity index is 748. The molecule has 3 rings (SSSR count). The van der Waals surface area contributed by atoms with Gasteiger partial charge in [-0.15, -0.1) is 0 Å². The van der Waals surface area contributed by atoms with Crippen molar-refractivity contribution in [2.75, 3.05) is 71.0 Å². The molecule has 6 heteroatoms. The second kappa shape index (κ2) is 14.7. The van der Waals surface area contributed by atoms with E-state index in [9.17, 15) is 0 Å². The van der Waals surface area contributed by atoms with Gasteiger partial charge in [-0.25, -0.2) is 0 Å². The fourth-order valence-corrected chi connectivity index (χ4v) is 6.19. The van der Waals surface area contributed by atoms with Gasteiger partial charge in [-0.3, -0.25) is 0 Å². The monoisotopic (exact) mass is 449 g/mol. The number of hydrogen-bond donors (Lipinski definition) is 0. The summed E-state index contributed by atoms with van der Waals surface area (Å²) in [7, 11) is 0.383. The van der Waals surface area contributed by atoms with E-state index in [1.165, 1.54) is 46.4 Å². The smallest absolute Gasteiger partial charge is 0.162 e. The molecule has 0 unspecified atom stereocenters. The summed E-state index contributed by atoms with van der Waals surface area (Å²) >= 11 is 0. The van der Waals surface area contributed by atoms with Crippen LogP contribution in [0.1, 0.15) is 26.2 Å². The normalized spacial score (nSPS) is 14.9. The van der Waals surface area contributed by atoms with Crippen molar-refractivity contribution < 1.29 is 23.7 Å². The van der Waals surface area contributed by atoms with Gasteiger partial charge in [0.15, 0.2) is 4.90 Å². The lowest BCUT2D eigenvalue weighted by Crippen LogP contribution is -2.18. The standard InChI is InChI=1S/C25H37O5S/c1-2-26-12-13-27-14-15-28-16-17-29-18-19-30-24-10-11-25(31-20-6-3-7-21-31)23-9-5-4-8-22(23)24/h4-5,8-11H,2-3,6-7,12-21H2,1H3/q+1. The molecule has 1 saturated heterocycles. The van der Waals surface area contributed by atoms with Crippen molar-refractivity contribution in [1.29, 1.82) is 0 Å². The van der Waals surface area contributed by atoms with Gasteiger partial charge in [-0.1, -0.05) is 18.2 Å². The van der Waals surface area contributed by atoms with Crippen LogP contribution in [0, 0.1) is 0 Å². The maximum atomic E-state index is 6.06. The van der Waals surface area contributed by atoms with Gasteiger partial charge in [0, 0.05) is 28.3 Å². The molecule has 0 saturated carbocycles. The lowest BCUT2D eigenvalue weighted by Gasteiger charge is -2.16. The van der Waals surface area contributed by atoms with Crippen molar-refractivity contribution in [1.82, 2.24) is 0 Å². The Morgan fingerprint density at radius 2 is 1.23 bits per heavy atom. The van der Waals surface area contributed by atoms with Crippen molar-refractivity contribution in [3.63, 3.8) is 0 Å². The van der Waals surface area contributed by atoms with Crippen molar-refractivity contribution >= 4 is 21.7 Å². The zero-order chi connectivity index (χ0) is 21.6. The molecule has 0 radical (unpaired) electrons. The summed E-state index contributed by atoms with van der Waals surface area (Å²) in [6.07, 6.45) is 4.10. The van der Waals surface area contributed by atoms with Crippen LogP contribution in [0.25, 0.3) is 10.8 Å². The largest absolute Gasteiger partial charge is 0.491 e. The molecule has 0 amide bonds. The molecule has 1 heterocycles. The van der Waals surface area contributed by atoms with Gasteiger partial charge in [-0.2, -0.15) is 0 Å². The topological polar surface area (TPSA) is 46.2 Å². The summed E-state index contributed by atoms with van der Waals surface area (Å²) in [6.45, 7) is 7.32. The molecule has 5 nitrogen and oxygen atoms in total. The van der Waals surface area contributed by atoms with Crippen LogP contribution in [0.5, 0.6) is 5.75 Å². The van der Waals surface area contributed by atoms with Crippen LogP contribution in [-0.2, 0) is 29.8 Å². The molecule has 0 bridgehead atoms. The molecule has 0 atom stereocenters. The van der Waals surface area contributed by atoms with Crippen LogP contribution in [0.2, 0.25) is 0 Å². The minimum atomic E-state index is 0.383. The lowest BCUT2D eigenvalue weighted by atomic mass is 10.1. The van der Waals surface area contributed by atoms with E-state index in [1.807, 2.05) is 6.92 Å². The number of ether oxygens (including phenoxy) is 5. The second-order valence-corrected chi connectivity index (χ2v) is 9.69. The zero-order valence-electron chi connectivity index (χ0n) is 18.8. The summed E-state index contributed by atoms with van der Waals surface area (Å²) in [5, 5.41) is 2.56. The third-order valence-corrected chi connectivity index (χ3v) is 7.78. The quantitative estimate of drug-likeness (QED) is 0.297. The zero-order valence-corrected chi connectivity index (χ0v) is 19.6. The Kier molecular flexibility index (Phi) is 11.5. The van der Waals surface area contributed by atoms with Gasteiger partial charge in [-0.05, 0) is 44.4 Å². The molecule has 2 aromatic carbocycles. The summed E-state index contributed by atoms with van der Waals surface area (Å²) in [4.78, 5) is 1.51. The van der Waals surface area contributed by atoms with Gasteiger partial charge in [0.1, 0.15) is 23.9 Å². The predicted octanol–water partition coefficient (Wildman–Crippen LogP) is 4.47. The minimum Gasteiger partial charge on any atom is -0.491 e. The van der Waals surface area contributed by atoms with Crippen LogP contribution in [-0.4, -0.2) is 71.0 Å². The van der Waals surface area contributed by atoms with Crippen LogP contribution in [0.3, 0.4) is 0 Å². The highest BCUT2D eigenvalue weighted by molar-refractivity contribution is 7.97. The summed E-state index contributed by atoms with van der Waals surface area (Å²) in [6, 6.07) is 13.1. The average molecular weight is 450 g/mol. The average Bonchev–Trinajstić information content (AvgIpc) is 2.82. The first-order valence-electron chi connectivity index (χ1n) is 11.5. The number of benzene rings is 2.